The van der Waals surface area contributed by atoms with Gasteiger partial charge in [-0.2, -0.15) is 13.2 Å². The summed E-state index contributed by atoms with van der Waals surface area (Å²) in [7, 11) is 0. The lowest BCUT2D eigenvalue weighted by Gasteiger charge is -2.38. The number of piperazine rings is 1. The zero-order chi connectivity index (χ0) is 26.0. The van der Waals surface area contributed by atoms with E-state index >= 15 is 0 Å². The summed E-state index contributed by atoms with van der Waals surface area (Å²) in [5.74, 6) is 0.190. The van der Waals surface area contributed by atoms with E-state index in [0.29, 0.717) is 81.0 Å². The molecule has 3 amide bonds. The zero-order valence-corrected chi connectivity index (χ0v) is 19.8. The van der Waals surface area contributed by atoms with Crippen molar-refractivity contribution in [2.75, 3.05) is 52.5 Å². The first-order valence-electron chi connectivity index (χ1n) is 11.8. The van der Waals surface area contributed by atoms with Gasteiger partial charge < -0.3 is 24.2 Å². The smallest absolute Gasteiger partial charge is 0.417 e. The molecule has 37 heavy (non-hydrogen) atoms. The Balaban J connectivity index is 1.21. The van der Waals surface area contributed by atoms with Gasteiger partial charge in [0.15, 0.2) is 0 Å². The van der Waals surface area contributed by atoms with Crippen molar-refractivity contribution < 1.29 is 32.2 Å². The third kappa shape index (κ3) is 5.58. The average molecular weight is 515 g/mol. The van der Waals surface area contributed by atoms with Gasteiger partial charge in [0.05, 0.1) is 24.3 Å². The molecule has 0 spiro atoms. The van der Waals surface area contributed by atoms with Gasteiger partial charge in [0, 0.05) is 56.9 Å². The standard InChI is InChI=1S/C25H24F3N5O4/c26-25(27,28)18-2-6-22(29-16-18)37-19-3-5-20-17(15-19)1-4-21(30-20)23(34)31-7-9-32(10-8-31)24(35)33-11-13-36-14-12-33/h1-6,15-16H,7-14H2. The van der Waals surface area contributed by atoms with E-state index in [2.05, 4.69) is 9.97 Å². The summed E-state index contributed by atoms with van der Waals surface area (Å²) in [5.41, 5.74) is 0.00288. The number of aromatic nitrogens is 2. The highest BCUT2D eigenvalue weighted by Gasteiger charge is 2.31. The molecule has 2 aliphatic heterocycles. The monoisotopic (exact) mass is 515 g/mol. The Kier molecular flexibility index (Phi) is 6.83. The lowest BCUT2D eigenvalue weighted by Crippen LogP contribution is -2.55. The van der Waals surface area contributed by atoms with E-state index in [9.17, 15) is 22.8 Å². The van der Waals surface area contributed by atoms with Crippen LogP contribution in [0.4, 0.5) is 18.0 Å². The van der Waals surface area contributed by atoms with Crippen molar-refractivity contribution in [3.05, 3.63) is 59.9 Å². The van der Waals surface area contributed by atoms with Crippen LogP contribution in [-0.4, -0.2) is 89.1 Å². The number of amides is 3. The second kappa shape index (κ2) is 10.2. The van der Waals surface area contributed by atoms with Crippen molar-refractivity contribution in [3.8, 4) is 11.6 Å². The van der Waals surface area contributed by atoms with Crippen LogP contribution in [0.2, 0.25) is 0 Å². The maximum absolute atomic E-state index is 13.0. The first-order chi connectivity index (χ1) is 17.8. The van der Waals surface area contributed by atoms with Crippen molar-refractivity contribution in [2.45, 2.75) is 6.18 Å². The number of urea groups is 1. The first-order valence-corrected chi connectivity index (χ1v) is 11.8. The lowest BCUT2D eigenvalue weighted by atomic mass is 10.1. The second-order valence-electron chi connectivity index (χ2n) is 8.70. The first kappa shape index (κ1) is 24.8. The molecule has 0 bridgehead atoms. The number of rotatable bonds is 3. The molecule has 12 heteroatoms. The van der Waals surface area contributed by atoms with Gasteiger partial charge in [0.2, 0.25) is 5.88 Å². The van der Waals surface area contributed by atoms with Crippen molar-refractivity contribution in [3.63, 3.8) is 0 Å². The van der Waals surface area contributed by atoms with Crippen molar-refractivity contribution in [1.82, 2.24) is 24.7 Å². The minimum atomic E-state index is -4.47. The van der Waals surface area contributed by atoms with Crippen molar-refractivity contribution in [2.24, 2.45) is 0 Å². The number of ether oxygens (including phenoxy) is 2. The fourth-order valence-electron chi connectivity index (χ4n) is 4.23. The highest BCUT2D eigenvalue weighted by Crippen LogP contribution is 2.30. The van der Waals surface area contributed by atoms with E-state index in [4.69, 9.17) is 9.47 Å². The SMILES string of the molecule is O=C(c1ccc2cc(Oc3ccc(C(F)(F)F)cn3)ccc2n1)N1CCN(C(=O)N2CCOCC2)CC1. The summed E-state index contributed by atoms with van der Waals surface area (Å²) in [6.07, 6.45) is -3.75. The Bertz CT molecular complexity index is 1290. The molecule has 2 saturated heterocycles. The highest BCUT2D eigenvalue weighted by atomic mass is 19.4. The van der Waals surface area contributed by atoms with Crippen LogP contribution < -0.4 is 4.74 Å². The van der Waals surface area contributed by atoms with Crippen LogP contribution in [0.25, 0.3) is 10.9 Å². The minimum Gasteiger partial charge on any atom is -0.439 e. The number of alkyl halides is 3. The van der Waals surface area contributed by atoms with Crippen molar-refractivity contribution in [1.29, 1.82) is 0 Å². The molecule has 3 aromatic rings. The highest BCUT2D eigenvalue weighted by molar-refractivity contribution is 5.95. The number of fused-ring (bicyclic) bond motifs is 1. The third-order valence-electron chi connectivity index (χ3n) is 6.28. The van der Waals surface area contributed by atoms with Gasteiger partial charge in [0.1, 0.15) is 11.4 Å². The van der Waals surface area contributed by atoms with E-state index in [0.717, 1.165) is 12.1 Å². The Morgan fingerprint density at radius 2 is 1.57 bits per heavy atom. The van der Waals surface area contributed by atoms with Gasteiger partial charge in [-0.25, -0.2) is 14.8 Å². The van der Waals surface area contributed by atoms with Gasteiger partial charge in [-0.1, -0.05) is 6.07 Å². The summed E-state index contributed by atoms with van der Waals surface area (Å²) >= 11 is 0. The summed E-state index contributed by atoms with van der Waals surface area (Å²) in [6, 6.07) is 10.3. The second-order valence-corrected chi connectivity index (χ2v) is 8.70. The maximum atomic E-state index is 13.0. The van der Waals surface area contributed by atoms with Crippen LogP contribution >= 0.6 is 0 Å². The normalized spacial score (nSPS) is 16.7. The molecule has 0 atom stereocenters. The number of pyridine rings is 2. The molecular weight excluding hydrogens is 491 g/mol. The van der Waals surface area contributed by atoms with Gasteiger partial charge in [-0.05, 0) is 30.3 Å². The average Bonchev–Trinajstić information content (AvgIpc) is 2.92. The van der Waals surface area contributed by atoms with E-state index in [1.54, 1.807) is 45.0 Å². The summed E-state index contributed by atoms with van der Waals surface area (Å²) in [5, 5.41) is 0.696. The molecule has 194 valence electrons. The molecule has 2 fully saturated rings. The molecule has 5 rings (SSSR count). The van der Waals surface area contributed by atoms with Crippen LogP contribution in [-0.2, 0) is 10.9 Å². The maximum Gasteiger partial charge on any atom is 0.417 e. The largest absolute Gasteiger partial charge is 0.439 e. The van der Waals surface area contributed by atoms with E-state index in [1.807, 2.05) is 0 Å². The number of nitrogens with zero attached hydrogens (tertiary/aromatic N) is 5. The molecule has 0 N–H and O–H groups in total. The van der Waals surface area contributed by atoms with E-state index in [1.165, 1.54) is 0 Å². The van der Waals surface area contributed by atoms with E-state index < -0.39 is 11.7 Å². The lowest BCUT2D eigenvalue weighted by molar-refractivity contribution is -0.137. The number of morpholine rings is 1. The fraction of sp³-hybridized carbons (Fsp3) is 0.360. The molecule has 0 saturated carbocycles. The predicted octanol–water partition coefficient (Wildman–Crippen LogP) is 3.65. The van der Waals surface area contributed by atoms with Gasteiger partial charge in [-0.15, -0.1) is 0 Å². The topological polar surface area (TPSA) is 88.1 Å². The molecule has 9 nitrogen and oxygen atoms in total. The van der Waals surface area contributed by atoms with Crippen molar-refractivity contribution >= 4 is 22.8 Å². The Hall–Kier alpha value is -3.93. The quantitative estimate of drug-likeness (QED) is 0.529. The summed E-state index contributed by atoms with van der Waals surface area (Å²) in [4.78, 5) is 39.1. The van der Waals surface area contributed by atoms with Crippen LogP contribution in [0, 0.1) is 0 Å². The van der Waals surface area contributed by atoms with Crippen LogP contribution in [0.3, 0.4) is 0 Å². The van der Waals surface area contributed by atoms with Gasteiger partial charge in [0.25, 0.3) is 5.91 Å². The summed E-state index contributed by atoms with van der Waals surface area (Å²) < 4.78 is 49.0. The Morgan fingerprint density at radius 1 is 0.865 bits per heavy atom. The fourth-order valence-corrected chi connectivity index (χ4v) is 4.23. The zero-order valence-electron chi connectivity index (χ0n) is 19.8. The third-order valence-corrected chi connectivity index (χ3v) is 6.28. The number of carbonyl (C=O) groups excluding carboxylic acids is 2. The summed E-state index contributed by atoms with van der Waals surface area (Å²) in [6.45, 7) is 3.97. The molecule has 2 aromatic heterocycles. The molecule has 0 radical (unpaired) electrons. The molecular formula is C25H24F3N5O4. The number of benzene rings is 1. The van der Waals surface area contributed by atoms with Gasteiger partial charge >= 0.3 is 12.2 Å². The minimum absolute atomic E-state index is 0.0243. The van der Waals surface area contributed by atoms with Crippen LogP contribution in [0.5, 0.6) is 11.6 Å². The van der Waals surface area contributed by atoms with E-state index in [-0.39, 0.29) is 17.8 Å². The molecule has 0 unspecified atom stereocenters. The van der Waals surface area contributed by atoms with Gasteiger partial charge in [-0.3, -0.25) is 4.79 Å². The predicted molar refractivity (Wildman–Crippen MR) is 126 cm³/mol. The van der Waals surface area contributed by atoms with Crippen LogP contribution in [0.15, 0.2) is 48.7 Å². The number of hydrogen-bond acceptors (Lipinski definition) is 6. The molecule has 1 aromatic carbocycles. The number of hydrogen-bond donors (Lipinski definition) is 0. The Morgan fingerprint density at radius 3 is 2.24 bits per heavy atom. The van der Waals surface area contributed by atoms with Crippen LogP contribution in [0.1, 0.15) is 16.1 Å². The molecule has 0 aliphatic carbocycles. The number of halogens is 3. The molecule has 2 aliphatic rings. The molecule has 4 heterocycles. The number of carbonyl (C=O) groups is 2. The Labute approximate surface area is 210 Å².